The molecule has 1 aromatic rings. The van der Waals surface area contributed by atoms with Gasteiger partial charge in [-0.25, -0.2) is 9.59 Å². The molecule has 0 radical (unpaired) electrons. The molecule has 7 nitrogen and oxygen atoms in total. The Balaban J connectivity index is 2.21. The van der Waals surface area contributed by atoms with E-state index < -0.39 is 12.1 Å². The zero-order valence-corrected chi connectivity index (χ0v) is 14.2. The lowest BCUT2D eigenvalue weighted by Crippen LogP contribution is -2.44. The number of nitrogens with zero attached hydrogens (tertiary/aromatic N) is 1. The number of hydrogen-bond acceptors (Lipinski definition) is 5. The largest absolute Gasteiger partial charge is 0.489 e. The number of esters is 1. The van der Waals surface area contributed by atoms with Crippen molar-refractivity contribution in [3.05, 3.63) is 23.8 Å². The SMILES string of the molecule is COC(=O)c1ccc(OC(C)C)c(NC(=O)N2CCC[C@@H](O)C2)c1. The molecule has 0 saturated carbocycles. The number of β-amino-alcohol motifs (C(OH)–C–C–N with tert-alkyl or cyclic N) is 1. The molecule has 1 fully saturated rings. The van der Waals surface area contributed by atoms with Crippen molar-refractivity contribution in [3.63, 3.8) is 0 Å². The number of hydrogen-bond donors (Lipinski definition) is 2. The molecule has 0 aliphatic carbocycles. The molecule has 2 N–H and O–H groups in total. The van der Waals surface area contributed by atoms with Crippen LogP contribution in [-0.2, 0) is 4.74 Å². The van der Waals surface area contributed by atoms with Crippen molar-refractivity contribution < 1.29 is 24.2 Å². The zero-order chi connectivity index (χ0) is 17.7. The van der Waals surface area contributed by atoms with Gasteiger partial charge in [0, 0.05) is 13.1 Å². The van der Waals surface area contributed by atoms with Crippen LogP contribution in [0.25, 0.3) is 0 Å². The Morgan fingerprint density at radius 1 is 1.38 bits per heavy atom. The second kappa shape index (κ2) is 8.01. The van der Waals surface area contributed by atoms with E-state index in [0.29, 0.717) is 36.5 Å². The van der Waals surface area contributed by atoms with E-state index in [9.17, 15) is 14.7 Å². The Kier molecular flexibility index (Phi) is 6.03. The van der Waals surface area contributed by atoms with Gasteiger partial charge in [-0.05, 0) is 44.9 Å². The summed E-state index contributed by atoms with van der Waals surface area (Å²) in [5, 5.41) is 12.5. The first-order chi connectivity index (χ1) is 11.4. The quantitative estimate of drug-likeness (QED) is 0.823. The minimum Gasteiger partial charge on any atom is -0.489 e. The average Bonchev–Trinajstić information content (AvgIpc) is 2.55. The van der Waals surface area contributed by atoms with Gasteiger partial charge in [0.15, 0.2) is 0 Å². The van der Waals surface area contributed by atoms with Gasteiger partial charge in [-0.1, -0.05) is 0 Å². The summed E-state index contributed by atoms with van der Waals surface area (Å²) < 4.78 is 10.4. The Bertz CT molecular complexity index is 603. The summed E-state index contributed by atoms with van der Waals surface area (Å²) in [7, 11) is 1.30. The second-order valence-electron chi connectivity index (χ2n) is 6.04. The number of carbonyl (C=O) groups is 2. The maximum atomic E-state index is 12.4. The monoisotopic (exact) mass is 336 g/mol. The number of aliphatic hydroxyl groups excluding tert-OH is 1. The van der Waals surface area contributed by atoms with Crippen molar-refractivity contribution in [2.45, 2.75) is 38.9 Å². The Labute approximate surface area is 141 Å². The van der Waals surface area contributed by atoms with Gasteiger partial charge in [0.25, 0.3) is 0 Å². The average molecular weight is 336 g/mol. The van der Waals surface area contributed by atoms with E-state index in [1.54, 1.807) is 17.0 Å². The Hall–Kier alpha value is -2.28. The molecule has 24 heavy (non-hydrogen) atoms. The summed E-state index contributed by atoms with van der Waals surface area (Å²) in [6.45, 7) is 4.63. The number of piperidine rings is 1. The number of ether oxygens (including phenoxy) is 2. The number of amides is 2. The third kappa shape index (κ3) is 4.61. The van der Waals surface area contributed by atoms with Crippen LogP contribution in [-0.4, -0.2) is 54.4 Å². The van der Waals surface area contributed by atoms with Crippen molar-refractivity contribution in [2.75, 3.05) is 25.5 Å². The number of benzene rings is 1. The van der Waals surface area contributed by atoms with Gasteiger partial charge >= 0.3 is 12.0 Å². The first-order valence-electron chi connectivity index (χ1n) is 8.03. The number of nitrogens with one attached hydrogen (secondary N) is 1. The predicted molar refractivity (Wildman–Crippen MR) is 89.4 cm³/mol. The molecule has 0 aromatic heterocycles. The minimum atomic E-state index is -0.503. The summed E-state index contributed by atoms with van der Waals surface area (Å²) in [5.41, 5.74) is 0.722. The number of rotatable bonds is 4. The van der Waals surface area contributed by atoms with E-state index in [1.807, 2.05) is 13.8 Å². The minimum absolute atomic E-state index is 0.0820. The van der Waals surface area contributed by atoms with Crippen LogP contribution in [0.1, 0.15) is 37.0 Å². The van der Waals surface area contributed by atoms with E-state index in [0.717, 1.165) is 6.42 Å². The normalized spacial score (nSPS) is 17.5. The molecule has 7 heteroatoms. The van der Waals surface area contributed by atoms with E-state index in [2.05, 4.69) is 5.32 Å². The van der Waals surface area contributed by atoms with E-state index >= 15 is 0 Å². The number of urea groups is 1. The number of carbonyl (C=O) groups excluding carboxylic acids is 2. The first kappa shape index (κ1) is 18.1. The molecular formula is C17H24N2O5. The maximum absolute atomic E-state index is 12.4. The van der Waals surface area contributed by atoms with Gasteiger partial charge in [-0.15, -0.1) is 0 Å². The lowest BCUT2D eigenvalue weighted by atomic mass is 10.1. The van der Waals surface area contributed by atoms with Crippen molar-refractivity contribution in [1.82, 2.24) is 4.90 Å². The van der Waals surface area contributed by atoms with E-state index in [-0.39, 0.29) is 12.1 Å². The highest BCUT2D eigenvalue weighted by Crippen LogP contribution is 2.28. The zero-order valence-electron chi connectivity index (χ0n) is 14.2. The van der Waals surface area contributed by atoms with Crippen LogP contribution >= 0.6 is 0 Å². The number of aliphatic hydroxyl groups is 1. The van der Waals surface area contributed by atoms with Gasteiger partial charge in [0.05, 0.1) is 30.6 Å². The standard InChI is InChI=1S/C17H24N2O5/c1-11(2)24-15-7-6-12(16(21)23-3)9-14(15)18-17(22)19-8-4-5-13(20)10-19/h6-7,9,11,13,20H,4-5,8,10H2,1-3H3,(H,18,22)/t13-/m1/s1. The molecule has 1 aliphatic heterocycles. The van der Waals surface area contributed by atoms with E-state index in [1.165, 1.54) is 13.2 Å². The van der Waals surface area contributed by atoms with Crippen LogP contribution in [0.5, 0.6) is 5.75 Å². The van der Waals surface area contributed by atoms with Crippen LogP contribution in [0, 0.1) is 0 Å². The summed E-state index contributed by atoms with van der Waals surface area (Å²) >= 11 is 0. The molecule has 1 heterocycles. The molecule has 1 aromatic carbocycles. The van der Waals surface area contributed by atoms with Crippen molar-refractivity contribution >= 4 is 17.7 Å². The highest BCUT2D eigenvalue weighted by Gasteiger charge is 2.23. The van der Waals surface area contributed by atoms with Gasteiger partial charge in [-0.3, -0.25) is 0 Å². The lowest BCUT2D eigenvalue weighted by Gasteiger charge is -2.30. The molecular weight excluding hydrogens is 312 g/mol. The molecule has 132 valence electrons. The van der Waals surface area contributed by atoms with Crippen LogP contribution in [0.4, 0.5) is 10.5 Å². The molecule has 2 amide bonds. The predicted octanol–water partition coefficient (Wildman–Crippen LogP) is 2.25. The third-order valence-corrected chi connectivity index (χ3v) is 3.69. The Morgan fingerprint density at radius 3 is 2.75 bits per heavy atom. The number of likely N-dealkylation sites (tertiary alicyclic amines) is 1. The van der Waals surface area contributed by atoms with Crippen molar-refractivity contribution in [2.24, 2.45) is 0 Å². The lowest BCUT2D eigenvalue weighted by molar-refractivity contribution is 0.0600. The molecule has 0 bridgehead atoms. The fourth-order valence-electron chi connectivity index (χ4n) is 2.56. The third-order valence-electron chi connectivity index (χ3n) is 3.69. The van der Waals surface area contributed by atoms with Crippen LogP contribution in [0.15, 0.2) is 18.2 Å². The molecule has 1 saturated heterocycles. The molecule has 0 unspecified atom stereocenters. The number of anilines is 1. The molecule has 1 atom stereocenters. The molecule has 0 spiro atoms. The molecule has 1 aliphatic rings. The number of methoxy groups -OCH3 is 1. The van der Waals surface area contributed by atoms with Gasteiger partial charge in [-0.2, -0.15) is 0 Å². The summed E-state index contributed by atoms with van der Waals surface area (Å²) in [6, 6.07) is 4.42. The first-order valence-corrected chi connectivity index (χ1v) is 8.03. The van der Waals surface area contributed by atoms with Gasteiger partial charge in [0.2, 0.25) is 0 Å². The van der Waals surface area contributed by atoms with Crippen LogP contribution < -0.4 is 10.1 Å². The van der Waals surface area contributed by atoms with Crippen LogP contribution in [0.2, 0.25) is 0 Å². The summed E-state index contributed by atoms with van der Waals surface area (Å²) in [5.74, 6) is -0.0152. The fraction of sp³-hybridized carbons (Fsp3) is 0.529. The molecule has 2 rings (SSSR count). The fourth-order valence-corrected chi connectivity index (χ4v) is 2.56. The topological polar surface area (TPSA) is 88.1 Å². The summed E-state index contributed by atoms with van der Waals surface area (Å²) in [4.78, 5) is 25.7. The van der Waals surface area contributed by atoms with Gasteiger partial charge < -0.3 is 24.8 Å². The summed E-state index contributed by atoms with van der Waals surface area (Å²) in [6.07, 6.45) is 0.869. The van der Waals surface area contributed by atoms with Crippen LogP contribution in [0.3, 0.4) is 0 Å². The smallest absolute Gasteiger partial charge is 0.337 e. The Morgan fingerprint density at radius 2 is 2.12 bits per heavy atom. The van der Waals surface area contributed by atoms with Crippen molar-refractivity contribution in [1.29, 1.82) is 0 Å². The van der Waals surface area contributed by atoms with Crippen molar-refractivity contribution in [3.8, 4) is 5.75 Å². The van der Waals surface area contributed by atoms with E-state index in [4.69, 9.17) is 9.47 Å². The van der Waals surface area contributed by atoms with Gasteiger partial charge in [0.1, 0.15) is 5.75 Å². The highest BCUT2D eigenvalue weighted by molar-refractivity contribution is 5.95. The maximum Gasteiger partial charge on any atom is 0.337 e. The highest BCUT2D eigenvalue weighted by atomic mass is 16.5. The second-order valence-corrected chi connectivity index (χ2v) is 6.04.